The average Bonchev–Trinajstić information content (AvgIpc) is 2.55. The predicted molar refractivity (Wildman–Crippen MR) is 88.6 cm³/mol. The summed E-state index contributed by atoms with van der Waals surface area (Å²) >= 11 is 0. The zero-order chi connectivity index (χ0) is 18.7. The van der Waals surface area contributed by atoms with Crippen LogP contribution >= 0.6 is 0 Å². The number of hydrogen-bond donors (Lipinski definition) is 2. The van der Waals surface area contributed by atoms with Crippen LogP contribution in [0.3, 0.4) is 0 Å². The van der Waals surface area contributed by atoms with Gasteiger partial charge in [0.25, 0.3) is 5.91 Å². The van der Waals surface area contributed by atoms with Crippen LogP contribution in [-0.2, 0) is 22.0 Å². The highest BCUT2D eigenvalue weighted by atomic mass is 32.2. The van der Waals surface area contributed by atoms with E-state index in [-0.39, 0.29) is 11.3 Å². The number of hydrogen-bond acceptors (Lipinski definition) is 3. The largest absolute Gasteiger partial charge is 0.426 e. The van der Waals surface area contributed by atoms with Crippen LogP contribution in [0.25, 0.3) is 0 Å². The van der Waals surface area contributed by atoms with Crippen LogP contribution in [0.1, 0.15) is 5.56 Å². The highest BCUT2D eigenvalue weighted by Gasteiger charge is 2.59. The van der Waals surface area contributed by atoms with Gasteiger partial charge in [-0.15, -0.1) is 0 Å². The summed E-state index contributed by atoms with van der Waals surface area (Å²) in [7, 11) is -1.28. The van der Waals surface area contributed by atoms with E-state index in [4.69, 9.17) is 0 Å². The Balaban J connectivity index is 2.28. The van der Waals surface area contributed by atoms with Crippen molar-refractivity contribution in [2.75, 3.05) is 11.6 Å². The summed E-state index contributed by atoms with van der Waals surface area (Å²) in [6.07, 6.45) is -4.68. The van der Waals surface area contributed by atoms with Gasteiger partial charge in [0, 0.05) is 34.1 Å². The molecule has 0 aliphatic heterocycles. The molecule has 25 heavy (non-hydrogen) atoms. The number of anilines is 1. The maximum atomic E-state index is 13.4. The number of rotatable bonds is 5. The first-order valence-electron chi connectivity index (χ1n) is 7.21. The molecule has 0 aliphatic rings. The number of aliphatic hydroxyl groups is 1. The summed E-state index contributed by atoms with van der Waals surface area (Å²) in [5, 5.41) is 12.2. The molecule has 0 saturated carbocycles. The van der Waals surface area contributed by atoms with E-state index >= 15 is 0 Å². The molecule has 8 heteroatoms. The van der Waals surface area contributed by atoms with Crippen LogP contribution in [0.4, 0.5) is 18.9 Å². The fourth-order valence-electron chi connectivity index (χ4n) is 2.16. The van der Waals surface area contributed by atoms with Gasteiger partial charge in [-0.05, 0) is 29.8 Å². The molecule has 0 radical (unpaired) electrons. The number of amides is 1. The van der Waals surface area contributed by atoms with Gasteiger partial charge in [-0.1, -0.05) is 30.3 Å². The molecule has 0 fully saturated rings. The number of carbonyl (C=O) groups is 1. The zero-order valence-electron chi connectivity index (χ0n) is 13.2. The van der Waals surface area contributed by atoms with Gasteiger partial charge >= 0.3 is 6.18 Å². The molecule has 0 heterocycles. The van der Waals surface area contributed by atoms with Crippen molar-refractivity contribution in [1.82, 2.24) is 0 Å². The van der Waals surface area contributed by atoms with Crippen LogP contribution in [0.5, 0.6) is 0 Å². The van der Waals surface area contributed by atoms with E-state index in [1.165, 1.54) is 42.7 Å². The number of para-hydroxylation sites is 1. The Morgan fingerprint density at radius 3 is 2.12 bits per heavy atom. The van der Waals surface area contributed by atoms with Crippen molar-refractivity contribution in [3.05, 3.63) is 60.2 Å². The van der Waals surface area contributed by atoms with Crippen molar-refractivity contribution in [3.8, 4) is 0 Å². The second-order valence-corrected chi connectivity index (χ2v) is 6.83. The summed E-state index contributed by atoms with van der Waals surface area (Å²) in [4.78, 5) is 12.6. The van der Waals surface area contributed by atoms with Crippen molar-refractivity contribution < 1.29 is 27.3 Å². The lowest BCUT2D eigenvalue weighted by atomic mass is 9.92. The number of carbonyl (C=O) groups excluding carboxylic acids is 1. The fourth-order valence-corrected chi connectivity index (χ4v) is 2.68. The molecule has 2 aromatic carbocycles. The maximum Gasteiger partial charge on any atom is 0.426 e. The van der Waals surface area contributed by atoms with Gasteiger partial charge in [-0.25, -0.2) is 0 Å². The fraction of sp³-hybridized carbons (Fsp3) is 0.235. The number of benzene rings is 2. The average molecular weight is 371 g/mol. The quantitative estimate of drug-likeness (QED) is 0.849. The number of nitrogens with one attached hydrogen (secondary N) is 1. The van der Waals surface area contributed by atoms with Gasteiger partial charge in [0.15, 0.2) is 0 Å². The molecule has 0 spiro atoms. The van der Waals surface area contributed by atoms with E-state index in [2.05, 4.69) is 5.32 Å². The van der Waals surface area contributed by atoms with E-state index in [1.807, 2.05) is 0 Å². The van der Waals surface area contributed by atoms with Crippen molar-refractivity contribution in [1.29, 1.82) is 0 Å². The Kier molecular flexibility index (Phi) is 5.64. The summed E-state index contributed by atoms with van der Waals surface area (Å²) in [5.74, 6) is -1.56. The van der Waals surface area contributed by atoms with E-state index in [9.17, 15) is 27.3 Å². The maximum absolute atomic E-state index is 13.4. The monoisotopic (exact) mass is 371 g/mol. The Bertz CT molecular complexity index is 763. The third-order valence-corrected chi connectivity index (χ3v) is 4.53. The van der Waals surface area contributed by atoms with Gasteiger partial charge in [0.05, 0.1) is 0 Å². The molecule has 1 amide bonds. The first-order valence-corrected chi connectivity index (χ1v) is 8.77. The van der Waals surface area contributed by atoms with Crippen molar-refractivity contribution in [2.24, 2.45) is 0 Å². The van der Waals surface area contributed by atoms with Crippen molar-refractivity contribution in [3.63, 3.8) is 0 Å². The lowest BCUT2D eigenvalue weighted by Gasteiger charge is -2.29. The Hall–Kier alpha value is -2.19. The van der Waals surface area contributed by atoms with Crippen molar-refractivity contribution >= 4 is 22.4 Å². The molecule has 2 N–H and O–H groups in total. The second-order valence-electron chi connectivity index (χ2n) is 5.45. The van der Waals surface area contributed by atoms with Crippen LogP contribution in [0, 0.1) is 0 Å². The molecular formula is C17H16F3NO3S. The predicted octanol–water partition coefficient (Wildman–Crippen LogP) is 2.90. The molecule has 4 nitrogen and oxygen atoms in total. The summed E-state index contributed by atoms with van der Waals surface area (Å²) in [6, 6.07) is 13.0. The standard InChI is InChI=1S/C17H16F3NO3S/c1-25(24)14-9-7-12(8-10-14)11-16(23,17(18,19)20)15(22)21-13-5-3-2-4-6-13/h2-10,23H,11H2,1H3,(H,21,22). The highest BCUT2D eigenvalue weighted by Crippen LogP contribution is 2.34. The molecule has 0 saturated heterocycles. The molecule has 0 aliphatic carbocycles. The van der Waals surface area contributed by atoms with E-state index < -0.39 is 34.9 Å². The lowest BCUT2D eigenvalue weighted by molar-refractivity contribution is -0.248. The number of alkyl halides is 3. The van der Waals surface area contributed by atoms with Crippen LogP contribution < -0.4 is 5.32 Å². The SMILES string of the molecule is CS(=O)c1ccc(CC(O)(C(=O)Nc2ccccc2)C(F)(F)F)cc1. The van der Waals surface area contributed by atoms with Crippen LogP contribution in [-0.4, -0.2) is 33.3 Å². The van der Waals surface area contributed by atoms with Crippen LogP contribution in [0.2, 0.25) is 0 Å². The van der Waals surface area contributed by atoms with Crippen molar-refractivity contribution in [2.45, 2.75) is 23.1 Å². The first kappa shape index (κ1) is 19.1. The van der Waals surface area contributed by atoms with E-state index in [1.54, 1.807) is 18.2 Å². The molecule has 0 aromatic heterocycles. The zero-order valence-corrected chi connectivity index (χ0v) is 14.0. The Labute approximate surface area is 145 Å². The van der Waals surface area contributed by atoms with Crippen LogP contribution in [0.15, 0.2) is 59.5 Å². The Morgan fingerprint density at radius 2 is 1.64 bits per heavy atom. The minimum Gasteiger partial charge on any atom is -0.372 e. The molecule has 2 atom stereocenters. The first-order chi connectivity index (χ1) is 11.6. The second kappa shape index (κ2) is 7.37. The summed E-state index contributed by atoms with van der Waals surface area (Å²) in [5.41, 5.74) is -3.35. The molecule has 0 bridgehead atoms. The topological polar surface area (TPSA) is 66.4 Å². The number of halogens is 3. The summed E-state index contributed by atoms with van der Waals surface area (Å²) in [6.45, 7) is 0. The molecule has 2 rings (SSSR count). The third-order valence-electron chi connectivity index (χ3n) is 3.59. The highest BCUT2D eigenvalue weighted by molar-refractivity contribution is 7.84. The van der Waals surface area contributed by atoms with Gasteiger partial charge in [0.1, 0.15) is 0 Å². The van der Waals surface area contributed by atoms with Gasteiger partial charge in [0.2, 0.25) is 5.60 Å². The molecule has 2 aromatic rings. The molecular weight excluding hydrogens is 355 g/mol. The smallest absolute Gasteiger partial charge is 0.372 e. The third kappa shape index (κ3) is 4.46. The molecule has 134 valence electrons. The lowest BCUT2D eigenvalue weighted by Crippen LogP contribution is -2.56. The minimum absolute atomic E-state index is 0.0947. The normalized spacial score (nSPS) is 15.2. The van der Waals surface area contributed by atoms with Gasteiger partial charge in [-0.3, -0.25) is 9.00 Å². The van der Waals surface area contributed by atoms with E-state index in [0.29, 0.717) is 4.90 Å². The van der Waals surface area contributed by atoms with Gasteiger partial charge in [-0.2, -0.15) is 13.2 Å². The van der Waals surface area contributed by atoms with E-state index in [0.717, 1.165) is 0 Å². The minimum atomic E-state index is -5.17. The molecule has 2 unspecified atom stereocenters. The Morgan fingerprint density at radius 1 is 1.08 bits per heavy atom. The summed E-state index contributed by atoms with van der Waals surface area (Å²) < 4.78 is 51.5. The van der Waals surface area contributed by atoms with Gasteiger partial charge < -0.3 is 10.4 Å².